The minimum Gasteiger partial charge on any atom is -0.494 e. The molecular formula is C27H38N2O2. The maximum absolute atomic E-state index is 12.2. The predicted octanol–water partition coefficient (Wildman–Crippen LogP) is 6.01. The summed E-state index contributed by atoms with van der Waals surface area (Å²) >= 11 is 0. The summed E-state index contributed by atoms with van der Waals surface area (Å²) in [6.07, 6.45) is 3.73. The Morgan fingerprint density at radius 2 is 1.68 bits per heavy atom. The highest BCUT2D eigenvalue weighted by Gasteiger charge is 2.16. The van der Waals surface area contributed by atoms with Crippen molar-refractivity contribution < 1.29 is 9.53 Å². The average Bonchev–Trinajstić information content (AvgIpc) is 2.74. The zero-order chi connectivity index (χ0) is 22.3. The fraction of sp³-hybridized carbons (Fsp3) is 0.519. The molecule has 0 spiro atoms. The number of carbonyl (C=O) groups excluding carboxylic acids is 1. The fourth-order valence-corrected chi connectivity index (χ4v) is 3.87. The third-order valence-electron chi connectivity index (χ3n) is 6.06. The van der Waals surface area contributed by atoms with Crippen molar-refractivity contribution in [3.05, 3.63) is 59.7 Å². The number of nitrogens with one attached hydrogen (secondary N) is 1. The van der Waals surface area contributed by atoms with Crippen molar-refractivity contribution in [3.8, 4) is 5.75 Å². The first-order valence-electron chi connectivity index (χ1n) is 11.6. The molecule has 0 atom stereocenters. The molecule has 0 unspecified atom stereocenters. The number of benzene rings is 2. The molecule has 1 aliphatic heterocycles. The van der Waals surface area contributed by atoms with Gasteiger partial charge in [0.1, 0.15) is 5.75 Å². The molecule has 1 saturated heterocycles. The lowest BCUT2D eigenvalue weighted by Crippen LogP contribution is -2.32. The second kappa shape index (κ2) is 10.8. The number of hydrogen-bond acceptors (Lipinski definition) is 3. The Hall–Kier alpha value is -2.33. The molecule has 1 aliphatic rings. The second-order valence-corrected chi connectivity index (χ2v) is 9.93. The van der Waals surface area contributed by atoms with Crippen LogP contribution in [0.1, 0.15) is 64.5 Å². The van der Waals surface area contributed by atoms with E-state index >= 15 is 0 Å². The summed E-state index contributed by atoms with van der Waals surface area (Å²) in [7, 11) is 0. The van der Waals surface area contributed by atoms with Crippen LogP contribution in [0, 0.1) is 5.92 Å². The van der Waals surface area contributed by atoms with Gasteiger partial charge in [-0.15, -0.1) is 0 Å². The van der Waals surface area contributed by atoms with Crippen molar-refractivity contribution in [3.63, 3.8) is 0 Å². The van der Waals surface area contributed by atoms with Gasteiger partial charge in [-0.05, 0) is 79.1 Å². The molecule has 2 aromatic rings. The Morgan fingerprint density at radius 1 is 1.03 bits per heavy atom. The minimum absolute atomic E-state index is 0.0319. The van der Waals surface area contributed by atoms with E-state index in [2.05, 4.69) is 62.2 Å². The predicted molar refractivity (Wildman–Crippen MR) is 129 cm³/mol. The number of anilines is 1. The first-order valence-corrected chi connectivity index (χ1v) is 11.6. The average molecular weight is 423 g/mol. The highest BCUT2D eigenvalue weighted by molar-refractivity contribution is 5.90. The van der Waals surface area contributed by atoms with Crippen molar-refractivity contribution in [2.24, 2.45) is 5.92 Å². The van der Waals surface area contributed by atoms with Gasteiger partial charge in [-0.3, -0.25) is 9.69 Å². The van der Waals surface area contributed by atoms with Crippen LogP contribution in [0.2, 0.25) is 0 Å². The quantitative estimate of drug-likeness (QED) is 0.529. The molecule has 3 rings (SSSR count). The van der Waals surface area contributed by atoms with E-state index in [1.807, 2.05) is 24.3 Å². The maximum Gasteiger partial charge on any atom is 0.224 e. The molecule has 4 heteroatoms. The van der Waals surface area contributed by atoms with Crippen LogP contribution in [0.3, 0.4) is 0 Å². The minimum atomic E-state index is 0.0319. The lowest BCUT2D eigenvalue weighted by Gasteiger charge is -2.30. The molecule has 0 saturated carbocycles. The monoisotopic (exact) mass is 422 g/mol. The Morgan fingerprint density at radius 3 is 2.29 bits per heavy atom. The van der Waals surface area contributed by atoms with Crippen molar-refractivity contribution >= 4 is 11.6 Å². The van der Waals surface area contributed by atoms with Crippen LogP contribution in [-0.4, -0.2) is 30.5 Å². The van der Waals surface area contributed by atoms with Gasteiger partial charge in [-0.25, -0.2) is 0 Å². The van der Waals surface area contributed by atoms with Crippen LogP contribution in [-0.2, 0) is 16.8 Å². The number of carbonyl (C=O) groups is 1. The first kappa shape index (κ1) is 23.3. The Balaban J connectivity index is 1.35. The number of hydrogen-bond donors (Lipinski definition) is 1. The van der Waals surface area contributed by atoms with E-state index in [1.54, 1.807) is 0 Å². The first-order chi connectivity index (χ1) is 14.8. The molecule has 1 heterocycles. The normalized spacial score (nSPS) is 15.6. The maximum atomic E-state index is 12.2. The van der Waals surface area contributed by atoms with E-state index in [-0.39, 0.29) is 11.3 Å². The lowest BCUT2D eigenvalue weighted by atomic mass is 9.87. The van der Waals surface area contributed by atoms with Crippen molar-refractivity contribution in [2.45, 2.75) is 65.3 Å². The summed E-state index contributed by atoms with van der Waals surface area (Å²) in [5.74, 6) is 1.74. The zero-order valence-corrected chi connectivity index (χ0v) is 19.6. The number of rotatable bonds is 8. The lowest BCUT2D eigenvalue weighted by molar-refractivity contribution is -0.116. The SMILES string of the molecule is CC1CCN(Cc2ccc(NC(=O)CCCOc3ccc(C(C)(C)C)cc3)cc2)CC1. The summed E-state index contributed by atoms with van der Waals surface area (Å²) in [5.41, 5.74) is 3.59. The Bertz CT molecular complexity index is 814. The second-order valence-electron chi connectivity index (χ2n) is 9.93. The topological polar surface area (TPSA) is 41.6 Å². The number of nitrogens with zero attached hydrogens (tertiary/aromatic N) is 1. The molecule has 0 aliphatic carbocycles. The van der Waals surface area contributed by atoms with Crippen molar-refractivity contribution in [1.29, 1.82) is 0 Å². The number of likely N-dealkylation sites (tertiary alicyclic amines) is 1. The summed E-state index contributed by atoms with van der Waals surface area (Å²) < 4.78 is 5.78. The number of ether oxygens (including phenoxy) is 1. The van der Waals surface area contributed by atoms with Gasteiger partial charge in [-0.1, -0.05) is 52.0 Å². The van der Waals surface area contributed by atoms with Crippen LogP contribution in [0.15, 0.2) is 48.5 Å². The summed E-state index contributed by atoms with van der Waals surface area (Å²) in [6, 6.07) is 16.5. The van der Waals surface area contributed by atoms with Crippen molar-refractivity contribution in [2.75, 3.05) is 25.0 Å². The molecule has 31 heavy (non-hydrogen) atoms. The van der Waals surface area contributed by atoms with Crippen LogP contribution in [0.4, 0.5) is 5.69 Å². The van der Waals surface area contributed by atoms with Gasteiger partial charge >= 0.3 is 0 Å². The van der Waals surface area contributed by atoms with E-state index in [4.69, 9.17) is 4.74 Å². The van der Waals surface area contributed by atoms with Gasteiger partial charge in [-0.2, -0.15) is 0 Å². The van der Waals surface area contributed by atoms with Crippen LogP contribution >= 0.6 is 0 Å². The highest BCUT2D eigenvalue weighted by Crippen LogP contribution is 2.24. The largest absolute Gasteiger partial charge is 0.494 e. The molecule has 0 aromatic heterocycles. The third kappa shape index (κ3) is 7.70. The van der Waals surface area contributed by atoms with E-state index in [9.17, 15) is 4.79 Å². The van der Waals surface area contributed by atoms with Gasteiger partial charge in [0, 0.05) is 18.7 Å². The van der Waals surface area contributed by atoms with Crippen LogP contribution in [0.5, 0.6) is 5.75 Å². The van der Waals surface area contributed by atoms with E-state index in [0.717, 1.165) is 23.9 Å². The van der Waals surface area contributed by atoms with E-state index in [1.165, 1.54) is 37.1 Å². The zero-order valence-electron chi connectivity index (χ0n) is 19.6. The molecule has 1 fully saturated rings. The van der Waals surface area contributed by atoms with Gasteiger partial charge < -0.3 is 10.1 Å². The highest BCUT2D eigenvalue weighted by atomic mass is 16.5. The molecule has 1 amide bonds. The summed E-state index contributed by atoms with van der Waals surface area (Å²) in [4.78, 5) is 14.8. The van der Waals surface area contributed by atoms with Gasteiger partial charge in [0.15, 0.2) is 0 Å². The van der Waals surface area contributed by atoms with E-state index < -0.39 is 0 Å². The Kier molecular flexibility index (Phi) is 8.14. The number of piperidine rings is 1. The van der Waals surface area contributed by atoms with Crippen molar-refractivity contribution in [1.82, 2.24) is 4.90 Å². The van der Waals surface area contributed by atoms with Crippen LogP contribution < -0.4 is 10.1 Å². The van der Waals surface area contributed by atoms with Gasteiger partial charge in [0.2, 0.25) is 5.91 Å². The third-order valence-corrected chi connectivity index (χ3v) is 6.06. The molecule has 2 aromatic carbocycles. The standard InChI is InChI=1S/C27H38N2O2/c1-21-15-17-29(18-16-21)20-22-7-11-24(12-8-22)28-26(30)6-5-19-31-25-13-9-23(10-14-25)27(2,3)4/h7-14,21H,5-6,15-20H2,1-4H3,(H,28,30). The number of amides is 1. The molecule has 1 N–H and O–H groups in total. The molecular weight excluding hydrogens is 384 g/mol. The Labute approximate surface area is 188 Å². The smallest absolute Gasteiger partial charge is 0.224 e. The van der Waals surface area contributed by atoms with Gasteiger partial charge in [0.05, 0.1) is 6.61 Å². The summed E-state index contributed by atoms with van der Waals surface area (Å²) in [5, 5.41) is 2.99. The van der Waals surface area contributed by atoms with E-state index in [0.29, 0.717) is 19.4 Å². The molecule has 4 nitrogen and oxygen atoms in total. The van der Waals surface area contributed by atoms with Crippen LogP contribution in [0.25, 0.3) is 0 Å². The van der Waals surface area contributed by atoms with Gasteiger partial charge in [0.25, 0.3) is 0 Å². The summed E-state index contributed by atoms with van der Waals surface area (Å²) in [6.45, 7) is 12.8. The molecule has 168 valence electrons. The fourth-order valence-electron chi connectivity index (χ4n) is 3.87. The molecule has 0 bridgehead atoms. The molecule has 0 radical (unpaired) electrons.